The van der Waals surface area contributed by atoms with Gasteiger partial charge in [0, 0.05) is 13.1 Å². The lowest BCUT2D eigenvalue weighted by molar-refractivity contribution is -0.127. The van der Waals surface area contributed by atoms with Gasteiger partial charge in [0.15, 0.2) is 0 Å². The van der Waals surface area contributed by atoms with Gasteiger partial charge in [-0.2, -0.15) is 0 Å². The molecule has 3 amide bonds. The normalized spacial score (nSPS) is 20.4. The third kappa shape index (κ3) is 4.29. The molecular weight excluding hydrogens is 371 g/mol. The number of urea groups is 1. The summed E-state index contributed by atoms with van der Waals surface area (Å²) in [4.78, 5) is 31.5. The number of rotatable bonds is 8. The second kappa shape index (κ2) is 8.95. The van der Waals surface area contributed by atoms with Crippen LogP contribution in [0.1, 0.15) is 45.2 Å². The molecule has 2 heterocycles. The van der Waals surface area contributed by atoms with E-state index in [2.05, 4.69) is 31.0 Å². The summed E-state index contributed by atoms with van der Waals surface area (Å²) >= 11 is 0. The van der Waals surface area contributed by atoms with Gasteiger partial charge in [0.2, 0.25) is 0 Å². The highest BCUT2D eigenvalue weighted by Gasteiger charge is 2.43. The Morgan fingerprint density at radius 2 is 1.86 bits per heavy atom. The van der Waals surface area contributed by atoms with E-state index < -0.39 is 6.04 Å². The molecule has 1 N–H and O–H groups in total. The average molecular weight is 403 g/mol. The molecule has 2 aliphatic rings. The van der Waals surface area contributed by atoms with E-state index in [1.54, 1.807) is 19.2 Å². The summed E-state index contributed by atoms with van der Waals surface area (Å²) in [5.74, 6) is -0.389. The van der Waals surface area contributed by atoms with Gasteiger partial charge < -0.3 is 15.1 Å². The fourth-order valence-corrected chi connectivity index (χ4v) is 4.16. The maximum atomic E-state index is 13.3. The van der Waals surface area contributed by atoms with Crippen LogP contribution in [0.25, 0.3) is 0 Å². The molecule has 1 aromatic rings. The molecule has 158 valence electrons. The summed E-state index contributed by atoms with van der Waals surface area (Å²) in [6.07, 6.45) is 1.93. The second-order valence-electron chi connectivity index (χ2n) is 7.80. The third-order valence-corrected chi connectivity index (χ3v) is 6.11. The molecule has 0 fully saturated rings. The molecule has 3 rings (SSSR count). The van der Waals surface area contributed by atoms with Crippen LogP contribution in [0.5, 0.6) is 0 Å². The van der Waals surface area contributed by atoms with Gasteiger partial charge >= 0.3 is 6.03 Å². The predicted octanol–water partition coefficient (Wildman–Crippen LogP) is 3.13. The first-order valence-corrected chi connectivity index (χ1v) is 10.4. The largest absolute Gasteiger partial charge is 0.330 e. The summed E-state index contributed by atoms with van der Waals surface area (Å²) in [5, 5.41) is 2.89. The van der Waals surface area contributed by atoms with E-state index in [9.17, 15) is 14.0 Å². The van der Waals surface area contributed by atoms with Gasteiger partial charge in [-0.3, -0.25) is 9.69 Å². The van der Waals surface area contributed by atoms with Crippen molar-refractivity contribution in [1.82, 2.24) is 20.0 Å². The standard InChI is InChI=1S/C22H31FN4O2/c1-5-26(6-2)13-7-8-15(3)27-14-18-19(21(27)28)20(24-22(29)25(18)4)16-9-11-17(23)12-10-16/h9-12,15,20H,5-8,13-14H2,1-4H3,(H,24,29)/t15-,20+/m1/s1. The molecule has 1 aromatic carbocycles. The molecule has 29 heavy (non-hydrogen) atoms. The van der Waals surface area contributed by atoms with Crippen LogP contribution in [0.15, 0.2) is 35.5 Å². The monoisotopic (exact) mass is 402 g/mol. The van der Waals surface area contributed by atoms with Gasteiger partial charge in [0.25, 0.3) is 5.91 Å². The van der Waals surface area contributed by atoms with Crippen LogP contribution in [0.3, 0.4) is 0 Å². The van der Waals surface area contributed by atoms with E-state index in [4.69, 9.17) is 0 Å². The summed E-state index contributed by atoms with van der Waals surface area (Å²) in [6, 6.07) is 5.25. The van der Waals surface area contributed by atoms with E-state index in [0.717, 1.165) is 38.2 Å². The van der Waals surface area contributed by atoms with Gasteiger partial charge in [-0.15, -0.1) is 0 Å². The zero-order chi connectivity index (χ0) is 21.1. The van der Waals surface area contributed by atoms with Crippen LogP contribution < -0.4 is 5.32 Å². The van der Waals surface area contributed by atoms with Gasteiger partial charge in [0.1, 0.15) is 5.82 Å². The second-order valence-corrected chi connectivity index (χ2v) is 7.80. The molecule has 0 aliphatic carbocycles. The van der Waals surface area contributed by atoms with Crippen molar-refractivity contribution >= 4 is 11.9 Å². The maximum absolute atomic E-state index is 13.3. The molecule has 0 radical (unpaired) electrons. The number of amides is 3. The minimum atomic E-state index is -0.547. The highest BCUT2D eigenvalue weighted by molar-refractivity contribution is 6.01. The summed E-state index contributed by atoms with van der Waals surface area (Å²) in [7, 11) is 1.69. The Hall–Kier alpha value is -2.41. The Balaban J connectivity index is 1.76. The van der Waals surface area contributed by atoms with Crippen molar-refractivity contribution in [2.45, 2.75) is 45.7 Å². The Morgan fingerprint density at radius 3 is 2.48 bits per heavy atom. The summed E-state index contributed by atoms with van der Waals surface area (Å²) in [5.41, 5.74) is 2.04. The van der Waals surface area contributed by atoms with Crippen molar-refractivity contribution in [3.8, 4) is 0 Å². The van der Waals surface area contributed by atoms with Gasteiger partial charge in [-0.1, -0.05) is 26.0 Å². The minimum absolute atomic E-state index is 0.0449. The van der Waals surface area contributed by atoms with E-state index >= 15 is 0 Å². The van der Waals surface area contributed by atoms with Crippen molar-refractivity contribution < 1.29 is 14.0 Å². The van der Waals surface area contributed by atoms with E-state index in [-0.39, 0.29) is 23.8 Å². The van der Waals surface area contributed by atoms with Crippen molar-refractivity contribution in [1.29, 1.82) is 0 Å². The molecule has 2 aliphatic heterocycles. The first-order chi connectivity index (χ1) is 13.9. The first-order valence-electron chi connectivity index (χ1n) is 10.4. The van der Waals surface area contributed by atoms with Crippen molar-refractivity contribution in [3.63, 3.8) is 0 Å². The predicted molar refractivity (Wildman–Crippen MR) is 111 cm³/mol. The molecule has 6 nitrogen and oxygen atoms in total. The number of carbonyl (C=O) groups is 2. The summed E-state index contributed by atoms with van der Waals surface area (Å²) < 4.78 is 13.3. The van der Waals surface area contributed by atoms with E-state index in [0.29, 0.717) is 17.7 Å². The van der Waals surface area contributed by atoms with Gasteiger partial charge in [-0.25, -0.2) is 9.18 Å². The molecule has 7 heteroatoms. The van der Waals surface area contributed by atoms with Gasteiger partial charge in [0.05, 0.1) is 23.9 Å². The summed E-state index contributed by atoms with van der Waals surface area (Å²) in [6.45, 7) is 9.89. The number of nitrogens with one attached hydrogen (secondary N) is 1. The Morgan fingerprint density at radius 1 is 1.21 bits per heavy atom. The number of hydrogen-bond acceptors (Lipinski definition) is 3. The van der Waals surface area contributed by atoms with Crippen LogP contribution in [-0.2, 0) is 4.79 Å². The highest BCUT2D eigenvalue weighted by Crippen LogP contribution is 2.36. The zero-order valence-electron chi connectivity index (χ0n) is 17.7. The van der Waals surface area contributed by atoms with Crippen molar-refractivity contribution in [3.05, 3.63) is 46.9 Å². The highest BCUT2D eigenvalue weighted by atomic mass is 19.1. The molecule has 0 bridgehead atoms. The van der Waals surface area contributed by atoms with E-state index in [1.807, 2.05) is 4.90 Å². The molecule has 0 saturated carbocycles. The quantitative estimate of drug-likeness (QED) is 0.727. The fraction of sp³-hybridized carbons (Fsp3) is 0.545. The smallest absolute Gasteiger partial charge is 0.322 e. The molecular formula is C22H31FN4O2. The lowest BCUT2D eigenvalue weighted by Gasteiger charge is -2.31. The molecule has 0 saturated heterocycles. The van der Waals surface area contributed by atoms with Crippen LogP contribution in [0.2, 0.25) is 0 Å². The topological polar surface area (TPSA) is 55.9 Å². The average Bonchev–Trinajstić information content (AvgIpc) is 3.06. The zero-order valence-corrected chi connectivity index (χ0v) is 17.7. The molecule has 0 aromatic heterocycles. The molecule has 0 spiro atoms. The van der Waals surface area contributed by atoms with Crippen LogP contribution >= 0.6 is 0 Å². The van der Waals surface area contributed by atoms with Crippen LogP contribution in [-0.4, -0.2) is 65.9 Å². The minimum Gasteiger partial charge on any atom is -0.330 e. The number of benzene rings is 1. The fourth-order valence-electron chi connectivity index (χ4n) is 4.16. The molecule has 0 unspecified atom stereocenters. The maximum Gasteiger partial charge on any atom is 0.322 e. The van der Waals surface area contributed by atoms with E-state index in [1.165, 1.54) is 17.0 Å². The number of hydrogen-bond donors (Lipinski definition) is 1. The van der Waals surface area contributed by atoms with Crippen LogP contribution in [0.4, 0.5) is 9.18 Å². The Bertz CT molecular complexity index is 789. The lowest BCUT2D eigenvalue weighted by Crippen LogP contribution is -2.45. The number of halogens is 1. The number of likely N-dealkylation sites (N-methyl/N-ethyl adjacent to an activating group) is 1. The van der Waals surface area contributed by atoms with Gasteiger partial charge in [-0.05, 0) is 57.1 Å². The number of nitrogens with zero attached hydrogens (tertiary/aromatic N) is 3. The van der Waals surface area contributed by atoms with Crippen LogP contribution in [0, 0.1) is 5.82 Å². The first kappa shape index (κ1) is 21.3. The number of carbonyl (C=O) groups excluding carboxylic acids is 2. The third-order valence-electron chi connectivity index (χ3n) is 6.11. The Labute approximate surface area is 172 Å². The SMILES string of the molecule is CCN(CC)CCC[C@@H](C)N1CC2=C(C1=O)[C@H](c1ccc(F)cc1)NC(=O)N2C. The Kier molecular flexibility index (Phi) is 6.57. The van der Waals surface area contributed by atoms with Crippen molar-refractivity contribution in [2.75, 3.05) is 33.2 Å². The lowest BCUT2D eigenvalue weighted by atomic mass is 9.95. The molecule has 2 atom stereocenters. The van der Waals surface area contributed by atoms with Crippen molar-refractivity contribution in [2.24, 2.45) is 0 Å².